The second kappa shape index (κ2) is 4.68. The van der Waals surface area contributed by atoms with E-state index in [1.54, 1.807) is 28.8 Å². The fourth-order valence-electron chi connectivity index (χ4n) is 2.01. The van der Waals surface area contributed by atoms with Gasteiger partial charge in [0.25, 0.3) is 5.91 Å². The van der Waals surface area contributed by atoms with Crippen molar-refractivity contribution in [3.05, 3.63) is 42.2 Å². The Morgan fingerprint density at radius 3 is 2.74 bits per heavy atom. The summed E-state index contributed by atoms with van der Waals surface area (Å²) in [5.74, 6) is 1.23. The topological polar surface area (TPSA) is 52.5 Å². The van der Waals surface area contributed by atoms with E-state index in [1.165, 1.54) is 0 Å². The van der Waals surface area contributed by atoms with Crippen molar-refractivity contribution < 1.29 is 14.3 Å². The molecular formula is C14H14N2O3. The molecule has 2 heterocycles. The van der Waals surface area contributed by atoms with Crippen molar-refractivity contribution in [2.75, 3.05) is 18.5 Å². The third-order valence-electron chi connectivity index (χ3n) is 2.98. The minimum absolute atomic E-state index is 0.149. The van der Waals surface area contributed by atoms with Gasteiger partial charge in [-0.1, -0.05) is 0 Å². The molecule has 1 amide bonds. The van der Waals surface area contributed by atoms with Crippen LogP contribution in [0.3, 0.4) is 0 Å². The smallest absolute Gasteiger partial charge is 0.272 e. The predicted molar refractivity (Wildman–Crippen MR) is 70.8 cm³/mol. The summed E-state index contributed by atoms with van der Waals surface area (Å²) in [4.78, 5) is 12.1. The lowest BCUT2D eigenvalue weighted by atomic mass is 10.2. The van der Waals surface area contributed by atoms with Crippen LogP contribution in [-0.2, 0) is 7.05 Å². The monoisotopic (exact) mass is 258 g/mol. The number of fused-ring (bicyclic) bond motifs is 1. The third-order valence-corrected chi connectivity index (χ3v) is 2.98. The van der Waals surface area contributed by atoms with Crippen LogP contribution in [0.25, 0.3) is 0 Å². The first-order valence-corrected chi connectivity index (χ1v) is 6.06. The molecule has 2 aromatic rings. The number of hydrogen-bond donors (Lipinski definition) is 1. The average Bonchev–Trinajstić information content (AvgIpc) is 2.85. The number of aryl methyl sites for hydroxylation is 1. The quantitative estimate of drug-likeness (QED) is 0.897. The summed E-state index contributed by atoms with van der Waals surface area (Å²) in [6, 6.07) is 8.98. The molecule has 0 spiro atoms. The molecule has 1 N–H and O–H groups in total. The molecule has 0 fully saturated rings. The van der Waals surface area contributed by atoms with E-state index in [9.17, 15) is 4.79 Å². The summed E-state index contributed by atoms with van der Waals surface area (Å²) in [6.45, 7) is 1.09. The van der Waals surface area contributed by atoms with Crippen molar-refractivity contribution in [2.24, 2.45) is 7.05 Å². The van der Waals surface area contributed by atoms with Gasteiger partial charge >= 0.3 is 0 Å². The third kappa shape index (κ3) is 2.27. The fraction of sp³-hybridized carbons (Fsp3) is 0.214. The predicted octanol–water partition coefficient (Wildman–Crippen LogP) is 2.05. The van der Waals surface area contributed by atoms with Crippen LogP contribution in [0.15, 0.2) is 36.5 Å². The Morgan fingerprint density at radius 2 is 2.00 bits per heavy atom. The summed E-state index contributed by atoms with van der Waals surface area (Å²) >= 11 is 0. The van der Waals surface area contributed by atoms with E-state index < -0.39 is 0 Å². The molecule has 1 aromatic carbocycles. The summed E-state index contributed by atoms with van der Waals surface area (Å²) in [6.07, 6.45) is 1.83. The summed E-state index contributed by atoms with van der Waals surface area (Å²) < 4.78 is 12.7. The summed E-state index contributed by atoms with van der Waals surface area (Å²) in [5, 5.41) is 2.84. The molecule has 5 nitrogen and oxygen atoms in total. The van der Waals surface area contributed by atoms with Crippen molar-refractivity contribution in [3.63, 3.8) is 0 Å². The lowest BCUT2D eigenvalue weighted by Crippen LogP contribution is -2.17. The van der Waals surface area contributed by atoms with E-state index in [1.807, 2.05) is 19.3 Å². The Kier molecular flexibility index (Phi) is 2.87. The van der Waals surface area contributed by atoms with Gasteiger partial charge in [-0.15, -0.1) is 0 Å². The van der Waals surface area contributed by atoms with Crippen molar-refractivity contribution in [2.45, 2.75) is 0 Å². The van der Waals surface area contributed by atoms with Crippen LogP contribution in [0.4, 0.5) is 5.69 Å². The van der Waals surface area contributed by atoms with Gasteiger partial charge in [0.05, 0.1) is 0 Å². The molecule has 5 heteroatoms. The van der Waals surface area contributed by atoms with Crippen LogP contribution in [0.1, 0.15) is 10.5 Å². The molecule has 0 radical (unpaired) electrons. The molecule has 1 aliphatic rings. The summed E-state index contributed by atoms with van der Waals surface area (Å²) in [5.41, 5.74) is 1.30. The number of anilines is 1. The Morgan fingerprint density at radius 1 is 1.21 bits per heavy atom. The first-order valence-electron chi connectivity index (χ1n) is 6.06. The van der Waals surface area contributed by atoms with Crippen molar-refractivity contribution in [3.8, 4) is 11.5 Å². The van der Waals surface area contributed by atoms with Crippen molar-refractivity contribution in [1.82, 2.24) is 4.57 Å². The highest BCUT2D eigenvalue weighted by molar-refractivity contribution is 6.03. The maximum Gasteiger partial charge on any atom is 0.272 e. The second-order valence-electron chi connectivity index (χ2n) is 4.32. The number of nitrogens with zero attached hydrogens (tertiary/aromatic N) is 1. The molecule has 1 aliphatic heterocycles. The highest BCUT2D eigenvalue weighted by Crippen LogP contribution is 2.32. The highest BCUT2D eigenvalue weighted by atomic mass is 16.6. The van der Waals surface area contributed by atoms with E-state index in [0.717, 1.165) is 0 Å². The number of carbonyl (C=O) groups is 1. The maximum absolute atomic E-state index is 12.1. The zero-order chi connectivity index (χ0) is 13.2. The van der Waals surface area contributed by atoms with Crippen molar-refractivity contribution in [1.29, 1.82) is 0 Å². The van der Waals surface area contributed by atoms with Crippen LogP contribution in [0.2, 0.25) is 0 Å². The Balaban J connectivity index is 1.80. The first kappa shape index (κ1) is 11.6. The van der Waals surface area contributed by atoms with Gasteiger partial charge in [0.2, 0.25) is 0 Å². The molecule has 0 atom stereocenters. The molecule has 98 valence electrons. The Labute approximate surface area is 110 Å². The maximum atomic E-state index is 12.1. The largest absolute Gasteiger partial charge is 0.486 e. The Hall–Kier alpha value is -2.43. The number of rotatable bonds is 2. The van der Waals surface area contributed by atoms with Crippen molar-refractivity contribution >= 4 is 11.6 Å². The van der Waals surface area contributed by atoms with Gasteiger partial charge in [0, 0.05) is 25.0 Å². The van der Waals surface area contributed by atoms with Crippen LogP contribution in [0.5, 0.6) is 11.5 Å². The van der Waals surface area contributed by atoms with Gasteiger partial charge < -0.3 is 19.4 Å². The van der Waals surface area contributed by atoms with E-state index in [-0.39, 0.29) is 5.91 Å². The normalized spacial score (nSPS) is 13.1. The van der Waals surface area contributed by atoms with E-state index in [4.69, 9.17) is 9.47 Å². The standard InChI is InChI=1S/C14H14N2O3/c1-16-6-2-3-11(16)14(17)15-10-4-5-12-13(9-10)19-8-7-18-12/h2-6,9H,7-8H2,1H3,(H,15,17). The SMILES string of the molecule is Cn1cccc1C(=O)Nc1ccc2c(c1)OCCO2. The fourth-order valence-corrected chi connectivity index (χ4v) is 2.01. The first-order chi connectivity index (χ1) is 9.24. The Bertz CT molecular complexity index is 619. The molecule has 19 heavy (non-hydrogen) atoms. The molecule has 3 rings (SSSR count). The lowest BCUT2D eigenvalue weighted by Gasteiger charge is -2.19. The molecule has 0 saturated heterocycles. The average molecular weight is 258 g/mol. The molecule has 0 aliphatic carbocycles. The molecule has 0 unspecified atom stereocenters. The second-order valence-corrected chi connectivity index (χ2v) is 4.32. The number of nitrogens with one attached hydrogen (secondary N) is 1. The van der Waals surface area contributed by atoms with Gasteiger partial charge in [0.1, 0.15) is 18.9 Å². The van der Waals surface area contributed by atoms with Gasteiger partial charge in [0.15, 0.2) is 11.5 Å². The molecular weight excluding hydrogens is 244 g/mol. The number of hydrogen-bond acceptors (Lipinski definition) is 3. The van der Waals surface area contributed by atoms with E-state index in [2.05, 4.69) is 5.32 Å². The number of amides is 1. The number of carbonyl (C=O) groups excluding carboxylic acids is 1. The van der Waals surface area contributed by atoms with Gasteiger partial charge in [-0.05, 0) is 24.3 Å². The minimum Gasteiger partial charge on any atom is -0.486 e. The zero-order valence-electron chi connectivity index (χ0n) is 10.6. The van der Waals surface area contributed by atoms with Gasteiger partial charge in [-0.2, -0.15) is 0 Å². The van der Waals surface area contributed by atoms with E-state index in [0.29, 0.717) is 36.1 Å². The number of aromatic nitrogens is 1. The minimum atomic E-state index is -0.149. The van der Waals surface area contributed by atoms with Crippen LogP contribution >= 0.6 is 0 Å². The lowest BCUT2D eigenvalue weighted by molar-refractivity contribution is 0.101. The van der Waals surface area contributed by atoms with Crippen LogP contribution < -0.4 is 14.8 Å². The number of ether oxygens (including phenoxy) is 2. The highest BCUT2D eigenvalue weighted by Gasteiger charge is 2.14. The molecule has 0 saturated carbocycles. The van der Waals surface area contributed by atoms with Gasteiger partial charge in [-0.3, -0.25) is 4.79 Å². The molecule has 0 bridgehead atoms. The molecule has 1 aromatic heterocycles. The van der Waals surface area contributed by atoms with E-state index >= 15 is 0 Å². The van der Waals surface area contributed by atoms with Gasteiger partial charge in [-0.25, -0.2) is 0 Å². The zero-order valence-corrected chi connectivity index (χ0v) is 10.6. The number of benzene rings is 1. The van der Waals surface area contributed by atoms with Crippen LogP contribution in [0, 0.1) is 0 Å². The summed E-state index contributed by atoms with van der Waals surface area (Å²) in [7, 11) is 1.83. The van der Waals surface area contributed by atoms with Crippen LogP contribution in [-0.4, -0.2) is 23.7 Å².